The fraction of sp³-hybridized carbons (Fsp3) is 0.300. The third kappa shape index (κ3) is 2.97. The van der Waals surface area contributed by atoms with Gasteiger partial charge in [0.05, 0.1) is 11.0 Å². The number of benzene rings is 2. The van der Waals surface area contributed by atoms with Gasteiger partial charge in [0.25, 0.3) is 0 Å². The number of aromatic nitrogens is 2. The Morgan fingerprint density at radius 3 is 2.52 bits per heavy atom. The van der Waals surface area contributed by atoms with Gasteiger partial charge in [0, 0.05) is 18.9 Å². The summed E-state index contributed by atoms with van der Waals surface area (Å²) in [6, 6.07) is 13.2. The maximum absolute atomic E-state index is 4.43. The minimum Gasteiger partial charge on any atom is -0.299 e. The van der Waals surface area contributed by atoms with Crippen LogP contribution < -0.4 is 0 Å². The smallest absolute Gasteiger partial charge is 0.0892 e. The standard InChI is InChI=1S/C20H21N3/c1-15-4-5-16(14-23-10-2-3-11-23)12-18(15)17-6-7-19-20(13-17)22-9-8-21-19/h4-9,12-13H,2-3,10-11,14H2,1H3. The molecule has 0 spiro atoms. The van der Waals surface area contributed by atoms with Gasteiger partial charge in [0.1, 0.15) is 0 Å². The van der Waals surface area contributed by atoms with E-state index in [0.29, 0.717) is 0 Å². The fourth-order valence-corrected chi connectivity index (χ4v) is 3.41. The molecule has 3 nitrogen and oxygen atoms in total. The Hall–Kier alpha value is -2.26. The molecule has 0 unspecified atom stereocenters. The van der Waals surface area contributed by atoms with Gasteiger partial charge in [-0.2, -0.15) is 0 Å². The molecule has 1 saturated heterocycles. The monoisotopic (exact) mass is 303 g/mol. The quantitative estimate of drug-likeness (QED) is 0.726. The Balaban J connectivity index is 1.70. The summed E-state index contributed by atoms with van der Waals surface area (Å²) in [5.41, 5.74) is 7.12. The summed E-state index contributed by atoms with van der Waals surface area (Å²) in [5.74, 6) is 0. The predicted octanol–water partition coefficient (Wildman–Crippen LogP) is 4.20. The van der Waals surface area contributed by atoms with Crippen LogP contribution in [0.1, 0.15) is 24.0 Å². The predicted molar refractivity (Wildman–Crippen MR) is 94.2 cm³/mol. The fourth-order valence-electron chi connectivity index (χ4n) is 3.41. The lowest BCUT2D eigenvalue weighted by Crippen LogP contribution is -2.18. The molecule has 0 amide bonds. The van der Waals surface area contributed by atoms with E-state index in [0.717, 1.165) is 17.6 Å². The van der Waals surface area contributed by atoms with Crippen molar-refractivity contribution in [1.29, 1.82) is 0 Å². The second kappa shape index (κ2) is 6.09. The van der Waals surface area contributed by atoms with E-state index in [9.17, 15) is 0 Å². The largest absolute Gasteiger partial charge is 0.299 e. The summed E-state index contributed by atoms with van der Waals surface area (Å²) in [6.07, 6.45) is 6.16. The van der Waals surface area contributed by atoms with Crippen LogP contribution in [-0.2, 0) is 6.54 Å². The van der Waals surface area contributed by atoms with Crippen molar-refractivity contribution in [3.8, 4) is 11.1 Å². The van der Waals surface area contributed by atoms with Crippen molar-refractivity contribution in [3.05, 3.63) is 59.9 Å². The lowest BCUT2D eigenvalue weighted by atomic mass is 9.97. The Morgan fingerprint density at radius 1 is 0.913 bits per heavy atom. The first-order chi connectivity index (χ1) is 11.3. The Labute approximate surface area is 137 Å². The summed E-state index contributed by atoms with van der Waals surface area (Å²) in [6.45, 7) is 5.69. The van der Waals surface area contributed by atoms with Crippen LogP contribution in [0.5, 0.6) is 0 Å². The number of likely N-dealkylation sites (tertiary alicyclic amines) is 1. The molecule has 0 aliphatic carbocycles. The highest BCUT2D eigenvalue weighted by molar-refractivity contribution is 5.82. The van der Waals surface area contributed by atoms with Gasteiger partial charge in [0.15, 0.2) is 0 Å². The van der Waals surface area contributed by atoms with Crippen LogP contribution in [0, 0.1) is 6.92 Å². The molecule has 0 N–H and O–H groups in total. The molecular weight excluding hydrogens is 282 g/mol. The number of aryl methyl sites for hydroxylation is 1. The summed E-state index contributed by atoms with van der Waals surface area (Å²) in [5, 5.41) is 0. The molecule has 4 rings (SSSR count). The molecule has 0 bridgehead atoms. The highest BCUT2D eigenvalue weighted by Crippen LogP contribution is 2.27. The highest BCUT2D eigenvalue weighted by Gasteiger charge is 2.13. The van der Waals surface area contributed by atoms with Crippen LogP contribution in [0.2, 0.25) is 0 Å². The molecule has 1 aliphatic heterocycles. The third-order valence-electron chi connectivity index (χ3n) is 4.69. The summed E-state index contributed by atoms with van der Waals surface area (Å²) in [4.78, 5) is 11.3. The second-order valence-corrected chi connectivity index (χ2v) is 6.39. The first-order valence-electron chi connectivity index (χ1n) is 8.33. The van der Waals surface area contributed by atoms with Gasteiger partial charge in [-0.05, 0) is 73.3 Å². The van der Waals surface area contributed by atoms with Crippen LogP contribution in [0.3, 0.4) is 0 Å². The number of hydrogen-bond acceptors (Lipinski definition) is 3. The normalized spacial score (nSPS) is 15.3. The van der Waals surface area contributed by atoms with E-state index in [1.807, 2.05) is 0 Å². The molecule has 0 atom stereocenters. The Morgan fingerprint density at radius 2 is 1.70 bits per heavy atom. The van der Waals surface area contributed by atoms with Crippen molar-refractivity contribution in [1.82, 2.24) is 14.9 Å². The lowest BCUT2D eigenvalue weighted by molar-refractivity contribution is 0.331. The van der Waals surface area contributed by atoms with E-state index in [-0.39, 0.29) is 0 Å². The van der Waals surface area contributed by atoms with Crippen LogP contribution in [0.25, 0.3) is 22.2 Å². The summed E-state index contributed by atoms with van der Waals surface area (Å²) < 4.78 is 0. The first kappa shape index (κ1) is 14.3. The zero-order valence-corrected chi connectivity index (χ0v) is 13.5. The van der Waals surface area contributed by atoms with Crippen molar-refractivity contribution in [2.24, 2.45) is 0 Å². The third-order valence-corrected chi connectivity index (χ3v) is 4.69. The van der Waals surface area contributed by atoms with Gasteiger partial charge >= 0.3 is 0 Å². The van der Waals surface area contributed by atoms with E-state index in [1.54, 1.807) is 12.4 Å². The van der Waals surface area contributed by atoms with Gasteiger partial charge in [0.2, 0.25) is 0 Å². The zero-order valence-electron chi connectivity index (χ0n) is 13.5. The van der Waals surface area contributed by atoms with Crippen LogP contribution >= 0.6 is 0 Å². The molecule has 1 aliphatic rings. The number of hydrogen-bond donors (Lipinski definition) is 0. The lowest BCUT2D eigenvalue weighted by Gasteiger charge is -2.16. The number of rotatable bonds is 3. The Bertz CT molecular complexity index is 835. The van der Waals surface area contributed by atoms with Gasteiger partial charge in [-0.3, -0.25) is 14.9 Å². The van der Waals surface area contributed by atoms with Crippen LogP contribution in [0.15, 0.2) is 48.8 Å². The van der Waals surface area contributed by atoms with Gasteiger partial charge in [-0.1, -0.05) is 18.2 Å². The molecule has 3 aromatic rings. The molecular formula is C20H21N3. The molecule has 2 heterocycles. The maximum atomic E-state index is 4.43. The minimum atomic E-state index is 0.946. The number of nitrogens with zero attached hydrogens (tertiary/aromatic N) is 3. The van der Waals surface area contributed by atoms with E-state index in [4.69, 9.17) is 0 Å². The zero-order chi connectivity index (χ0) is 15.6. The molecule has 2 aromatic carbocycles. The van der Waals surface area contributed by atoms with Crippen molar-refractivity contribution in [2.45, 2.75) is 26.3 Å². The highest BCUT2D eigenvalue weighted by atomic mass is 15.1. The van der Waals surface area contributed by atoms with Gasteiger partial charge in [-0.15, -0.1) is 0 Å². The molecule has 0 radical (unpaired) electrons. The first-order valence-corrected chi connectivity index (χ1v) is 8.33. The topological polar surface area (TPSA) is 29.0 Å². The van der Waals surface area contributed by atoms with Crippen molar-refractivity contribution < 1.29 is 0 Å². The molecule has 0 saturated carbocycles. The van der Waals surface area contributed by atoms with Crippen molar-refractivity contribution in [2.75, 3.05) is 13.1 Å². The minimum absolute atomic E-state index is 0.946. The molecule has 116 valence electrons. The maximum Gasteiger partial charge on any atom is 0.0892 e. The molecule has 1 aromatic heterocycles. The van der Waals surface area contributed by atoms with Crippen LogP contribution in [0.4, 0.5) is 0 Å². The van der Waals surface area contributed by atoms with E-state index >= 15 is 0 Å². The van der Waals surface area contributed by atoms with Crippen molar-refractivity contribution in [3.63, 3.8) is 0 Å². The summed E-state index contributed by atoms with van der Waals surface area (Å²) >= 11 is 0. The van der Waals surface area contributed by atoms with Gasteiger partial charge in [-0.25, -0.2) is 0 Å². The molecule has 3 heteroatoms. The van der Waals surface area contributed by atoms with Crippen LogP contribution in [-0.4, -0.2) is 28.0 Å². The van der Waals surface area contributed by atoms with Crippen molar-refractivity contribution >= 4 is 11.0 Å². The summed E-state index contributed by atoms with van der Waals surface area (Å²) in [7, 11) is 0. The average Bonchev–Trinajstić information content (AvgIpc) is 3.09. The van der Waals surface area contributed by atoms with E-state index < -0.39 is 0 Å². The van der Waals surface area contributed by atoms with Gasteiger partial charge < -0.3 is 0 Å². The average molecular weight is 303 g/mol. The molecule has 23 heavy (non-hydrogen) atoms. The second-order valence-electron chi connectivity index (χ2n) is 6.39. The van der Waals surface area contributed by atoms with E-state index in [1.165, 1.54) is 48.2 Å². The molecule has 1 fully saturated rings. The van der Waals surface area contributed by atoms with E-state index in [2.05, 4.69) is 58.2 Å². The Kier molecular flexibility index (Phi) is 3.80. The number of fused-ring (bicyclic) bond motifs is 1. The SMILES string of the molecule is Cc1ccc(CN2CCCC2)cc1-c1ccc2nccnc2c1.